The van der Waals surface area contributed by atoms with Crippen molar-refractivity contribution in [1.29, 1.82) is 0 Å². The van der Waals surface area contributed by atoms with Gasteiger partial charge in [-0.1, -0.05) is 27.2 Å². The van der Waals surface area contributed by atoms with Crippen LogP contribution in [-0.4, -0.2) is 45.8 Å². The molecular weight excluding hydrogens is 208 g/mol. The summed E-state index contributed by atoms with van der Waals surface area (Å²) in [6.45, 7) is 7.82. The minimum absolute atomic E-state index is 0.205. The van der Waals surface area contributed by atoms with Gasteiger partial charge < -0.3 is 20.1 Å². The van der Waals surface area contributed by atoms with E-state index in [4.69, 9.17) is 4.74 Å². The number of rotatable bonds is 3. The Morgan fingerprint density at radius 2 is 1.62 bits per heavy atom. The van der Waals surface area contributed by atoms with E-state index in [-0.39, 0.29) is 5.41 Å². The zero-order valence-corrected chi connectivity index (χ0v) is 10.6. The summed E-state index contributed by atoms with van der Waals surface area (Å²) in [7, 11) is 0. The maximum Gasteiger partial charge on any atom is 0.111 e. The van der Waals surface area contributed by atoms with Gasteiger partial charge in [0, 0.05) is 0 Å². The highest BCUT2D eigenvalue weighted by Gasteiger charge is 2.47. The standard InChI is InChI=1S/C12H24O4/c1-5-6-12(3,4)11-10(15)9(14)8(13)7(2)16-11/h7-11,13-15H,5-6H2,1-4H3/t7-,8?,9?,10?,11+/m0/s1. The number of hydrogen-bond donors (Lipinski definition) is 3. The molecule has 1 heterocycles. The summed E-state index contributed by atoms with van der Waals surface area (Å²) < 4.78 is 5.64. The molecule has 5 atom stereocenters. The Hall–Kier alpha value is -0.160. The molecule has 0 aliphatic carbocycles. The Labute approximate surface area is 97.2 Å². The van der Waals surface area contributed by atoms with Crippen LogP contribution < -0.4 is 0 Å². The van der Waals surface area contributed by atoms with Crippen molar-refractivity contribution in [3.05, 3.63) is 0 Å². The van der Waals surface area contributed by atoms with Gasteiger partial charge in [0.1, 0.15) is 18.3 Å². The lowest BCUT2D eigenvalue weighted by Crippen LogP contribution is -2.60. The van der Waals surface area contributed by atoms with Crippen LogP contribution in [0.1, 0.15) is 40.5 Å². The van der Waals surface area contributed by atoms with Crippen LogP contribution in [0.5, 0.6) is 0 Å². The van der Waals surface area contributed by atoms with E-state index >= 15 is 0 Å². The minimum atomic E-state index is -1.12. The summed E-state index contributed by atoms with van der Waals surface area (Å²) in [6, 6.07) is 0. The van der Waals surface area contributed by atoms with E-state index in [0.717, 1.165) is 12.8 Å². The number of aliphatic hydroxyl groups is 3. The van der Waals surface area contributed by atoms with Gasteiger partial charge in [-0.15, -0.1) is 0 Å². The molecule has 1 fully saturated rings. The molecule has 0 aromatic rings. The molecule has 0 radical (unpaired) electrons. The summed E-state index contributed by atoms with van der Waals surface area (Å²) in [5, 5.41) is 29.3. The van der Waals surface area contributed by atoms with E-state index in [9.17, 15) is 15.3 Å². The topological polar surface area (TPSA) is 69.9 Å². The van der Waals surface area contributed by atoms with Crippen molar-refractivity contribution in [2.24, 2.45) is 5.41 Å². The van der Waals surface area contributed by atoms with Crippen LogP contribution in [0.25, 0.3) is 0 Å². The van der Waals surface area contributed by atoms with E-state index in [2.05, 4.69) is 6.92 Å². The molecule has 3 N–H and O–H groups in total. The molecule has 16 heavy (non-hydrogen) atoms. The summed E-state index contributed by atoms with van der Waals surface area (Å²) >= 11 is 0. The molecule has 0 bridgehead atoms. The van der Waals surface area contributed by atoms with Gasteiger partial charge >= 0.3 is 0 Å². The van der Waals surface area contributed by atoms with Crippen molar-refractivity contribution in [3.8, 4) is 0 Å². The van der Waals surface area contributed by atoms with E-state index in [1.165, 1.54) is 0 Å². The van der Waals surface area contributed by atoms with Crippen LogP contribution in [0.15, 0.2) is 0 Å². The first-order valence-corrected chi connectivity index (χ1v) is 6.01. The van der Waals surface area contributed by atoms with E-state index < -0.39 is 30.5 Å². The quantitative estimate of drug-likeness (QED) is 0.669. The Balaban J connectivity index is 2.81. The largest absolute Gasteiger partial charge is 0.388 e. The highest BCUT2D eigenvalue weighted by Crippen LogP contribution is 2.36. The van der Waals surface area contributed by atoms with E-state index in [1.807, 2.05) is 13.8 Å². The van der Waals surface area contributed by atoms with Gasteiger partial charge in [0.25, 0.3) is 0 Å². The maximum atomic E-state index is 9.95. The fourth-order valence-electron chi connectivity index (χ4n) is 2.48. The van der Waals surface area contributed by atoms with Crippen LogP contribution >= 0.6 is 0 Å². The summed E-state index contributed by atoms with van der Waals surface area (Å²) in [5.74, 6) is 0. The molecule has 1 aliphatic heterocycles. The molecular formula is C12H24O4. The Kier molecular flexibility index (Phi) is 4.35. The molecule has 1 rings (SSSR count). The monoisotopic (exact) mass is 232 g/mol. The molecule has 0 spiro atoms. The second-order valence-electron chi connectivity index (χ2n) is 5.47. The van der Waals surface area contributed by atoms with Crippen LogP contribution in [0.4, 0.5) is 0 Å². The van der Waals surface area contributed by atoms with Crippen LogP contribution in [-0.2, 0) is 4.74 Å². The summed E-state index contributed by atoms with van der Waals surface area (Å²) in [4.78, 5) is 0. The van der Waals surface area contributed by atoms with Crippen molar-refractivity contribution < 1.29 is 20.1 Å². The molecule has 3 unspecified atom stereocenters. The third kappa shape index (κ3) is 2.56. The fourth-order valence-corrected chi connectivity index (χ4v) is 2.48. The van der Waals surface area contributed by atoms with Gasteiger partial charge in [-0.3, -0.25) is 0 Å². The predicted molar refractivity (Wildman–Crippen MR) is 61.0 cm³/mol. The van der Waals surface area contributed by atoms with Gasteiger partial charge in [-0.05, 0) is 18.8 Å². The fraction of sp³-hybridized carbons (Fsp3) is 1.00. The summed E-state index contributed by atoms with van der Waals surface area (Å²) in [6.07, 6.45) is -2.13. The SMILES string of the molecule is CCCC(C)(C)[C@@H]1O[C@@H](C)C(O)C(O)C1O. The van der Waals surface area contributed by atoms with Crippen molar-refractivity contribution in [2.75, 3.05) is 0 Å². The Morgan fingerprint density at radius 3 is 2.12 bits per heavy atom. The molecule has 1 saturated heterocycles. The normalized spacial score (nSPS) is 41.1. The van der Waals surface area contributed by atoms with Gasteiger partial charge in [0.2, 0.25) is 0 Å². The zero-order valence-electron chi connectivity index (χ0n) is 10.6. The second kappa shape index (κ2) is 5.00. The molecule has 4 heteroatoms. The third-order valence-electron chi connectivity index (χ3n) is 3.52. The first kappa shape index (κ1) is 13.9. The van der Waals surface area contributed by atoms with Crippen LogP contribution in [0.3, 0.4) is 0 Å². The Morgan fingerprint density at radius 1 is 1.06 bits per heavy atom. The van der Waals surface area contributed by atoms with Crippen molar-refractivity contribution in [2.45, 2.75) is 71.1 Å². The molecule has 0 aromatic carbocycles. The Bertz CT molecular complexity index is 229. The van der Waals surface area contributed by atoms with E-state index in [1.54, 1.807) is 6.92 Å². The molecule has 4 nitrogen and oxygen atoms in total. The van der Waals surface area contributed by atoms with E-state index in [0.29, 0.717) is 0 Å². The second-order valence-corrected chi connectivity index (χ2v) is 5.47. The van der Waals surface area contributed by atoms with Crippen molar-refractivity contribution in [3.63, 3.8) is 0 Å². The lowest BCUT2D eigenvalue weighted by molar-refractivity contribution is -0.242. The average Bonchev–Trinajstić information content (AvgIpc) is 2.20. The van der Waals surface area contributed by atoms with Crippen molar-refractivity contribution >= 4 is 0 Å². The minimum Gasteiger partial charge on any atom is -0.388 e. The molecule has 96 valence electrons. The average molecular weight is 232 g/mol. The van der Waals surface area contributed by atoms with Gasteiger partial charge in [0.15, 0.2) is 0 Å². The smallest absolute Gasteiger partial charge is 0.111 e. The molecule has 1 aliphatic rings. The molecule has 0 amide bonds. The number of hydrogen-bond acceptors (Lipinski definition) is 4. The van der Waals surface area contributed by atoms with Crippen molar-refractivity contribution in [1.82, 2.24) is 0 Å². The van der Waals surface area contributed by atoms with Gasteiger partial charge in [0.05, 0.1) is 12.2 Å². The summed E-state index contributed by atoms with van der Waals surface area (Å²) in [5.41, 5.74) is -0.205. The third-order valence-corrected chi connectivity index (χ3v) is 3.52. The predicted octanol–water partition coefficient (Wildman–Crippen LogP) is 0.683. The first-order valence-electron chi connectivity index (χ1n) is 6.01. The maximum absolute atomic E-state index is 9.95. The van der Waals surface area contributed by atoms with Crippen LogP contribution in [0.2, 0.25) is 0 Å². The number of aliphatic hydroxyl groups excluding tert-OH is 3. The highest BCUT2D eigenvalue weighted by molar-refractivity contribution is 4.96. The molecule has 0 saturated carbocycles. The lowest BCUT2D eigenvalue weighted by Gasteiger charge is -2.46. The molecule has 0 aromatic heterocycles. The first-order chi connectivity index (χ1) is 7.31. The van der Waals surface area contributed by atoms with Crippen LogP contribution in [0, 0.1) is 5.41 Å². The number of ether oxygens (including phenoxy) is 1. The lowest BCUT2D eigenvalue weighted by atomic mass is 9.76. The van der Waals surface area contributed by atoms with Gasteiger partial charge in [-0.2, -0.15) is 0 Å². The zero-order chi connectivity index (χ0) is 12.5. The van der Waals surface area contributed by atoms with Gasteiger partial charge in [-0.25, -0.2) is 0 Å². The highest BCUT2D eigenvalue weighted by atomic mass is 16.5.